The summed E-state index contributed by atoms with van der Waals surface area (Å²) in [5, 5.41) is 0. The molecule has 0 amide bonds. The van der Waals surface area contributed by atoms with Gasteiger partial charge in [0.1, 0.15) is 5.82 Å². The molecule has 0 radical (unpaired) electrons. The summed E-state index contributed by atoms with van der Waals surface area (Å²) >= 11 is 2.06. The van der Waals surface area contributed by atoms with Crippen LogP contribution in [0.2, 0.25) is 0 Å². The van der Waals surface area contributed by atoms with Crippen LogP contribution in [0.4, 0.5) is 10.1 Å². The lowest BCUT2D eigenvalue weighted by molar-refractivity contribution is 0.200. The van der Waals surface area contributed by atoms with Gasteiger partial charge in [0, 0.05) is 38.0 Å². The Morgan fingerprint density at radius 2 is 1.89 bits per heavy atom. The minimum atomic E-state index is -0.0950. The molecule has 2 aliphatic heterocycles. The molecule has 0 bridgehead atoms. The van der Waals surface area contributed by atoms with Crippen molar-refractivity contribution in [2.75, 3.05) is 42.6 Å². The molecule has 0 unspecified atom stereocenters. The summed E-state index contributed by atoms with van der Waals surface area (Å²) in [6, 6.07) is 7.87. The van der Waals surface area contributed by atoms with E-state index in [4.69, 9.17) is 0 Å². The van der Waals surface area contributed by atoms with Gasteiger partial charge in [0.2, 0.25) is 0 Å². The lowest BCUT2D eigenvalue weighted by Gasteiger charge is -2.39. The fraction of sp³-hybridized carbons (Fsp3) is 0.571. The van der Waals surface area contributed by atoms with E-state index in [1.807, 2.05) is 12.1 Å². The number of hydrogen-bond acceptors (Lipinski definition) is 3. The predicted octanol–water partition coefficient (Wildman–Crippen LogP) is 2.45. The van der Waals surface area contributed by atoms with Gasteiger partial charge in [0.25, 0.3) is 0 Å². The number of halogens is 1. The third kappa shape index (κ3) is 2.50. The van der Waals surface area contributed by atoms with Crippen LogP contribution >= 0.6 is 11.8 Å². The van der Waals surface area contributed by atoms with Crippen LogP contribution in [0.15, 0.2) is 24.3 Å². The number of hydrogen-bond donors (Lipinski definition) is 0. The van der Waals surface area contributed by atoms with E-state index < -0.39 is 0 Å². The molecule has 0 N–H and O–H groups in total. The van der Waals surface area contributed by atoms with E-state index in [2.05, 4.69) is 21.6 Å². The molecule has 2 nitrogen and oxygen atoms in total. The van der Waals surface area contributed by atoms with Crippen molar-refractivity contribution in [2.24, 2.45) is 0 Å². The summed E-state index contributed by atoms with van der Waals surface area (Å²) in [6.07, 6.45) is 1.32. The van der Waals surface area contributed by atoms with E-state index in [-0.39, 0.29) is 5.82 Å². The van der Waals surface area contributed by atoms with Gasteiger partial charge in [-0.05, 0) is 24.3 Å². The molecule has 1 aromatic carbocycles. The molecule has 1 aromatic rings. The highest BCUT2D eigenvalue weighted by Gasteiger charge is 2.27. The maximum absolute atomic E-state index is 13.7. The molecule has 18 heavy (non-hydrogen) atoms. The summed E-state index contributed by atoms with van der Waals surface area (Å²) in [5.41, 5.74) is 0.762. The highest BCUT2D eigenvalue weighted by molar-refractivity contribution is 7.99. The Kier molecular flexibility index (Phi) is 3.75. The maximum atomic E-state index is 13.7. The number of nitrogens with zero attached hydrogens (tertiary/aromatic N) is 2. The van der Waals surface area contributed by atoms with Gasteiger partial charge in [0.05, 0.1) is 5.69 Å². The standard InChI is InChI=1S/C14H19FN2S/c15-13-3-1-2-4-14(13)17-8-6-16(7-9-17)12-5-10-18-11-12/h1-4,12H,5-11H2/t12-/m0/s1. The van der Waals surface area contributed by atoms with Crippen molar-refractivity contribution in [3.05, 3.63) is 30.1 Å². The highest BCUT2D eigenvalue weighted by atomic mass is 32.2. The number of benzene rings is 1. The molecule has 0 aromatic heterocycles. The molecule has 3 rings (SSSR count). The summed E-state index contributed by atoms with van der Waals surface area (Å²) < 4.78 is 13.7. The van der Waals surface area contributed by atoms with Crippen LogP contribution in [0.3, 0.4) is 0 Å². The summed E-state index contributed by atoms with van der Waals surface area (Å²) in [6.45, 7) is 4.03. The van der Waals surface area contributed by atoms with Gasteiger partial charge in [-0.2, -0.15) is 11.8 Å². The molecule has 98 valence electrons. The van der Waals surface area contributed by atoms with Gasteiger partial charge in [0.15, 0.2) is 0 Å². The smallest absolute Gasteiger partial charge is 0.146 e. The number of thioether (sulfide) groups is 1. The van der Waals surface area contributed by atoms with Crippen LogP contribution in [-0.4, -0.2) is 48.6 Å². The van der Waals surface area contributed by atoms with E-state index in [9.17, 15) is 4.39 Å². The Morgan fingerprint density at radius 1 is 1.11 bits per heavy atom. The summed E-state index contributed by atoms with van der Waals surface area (Å²) in [5.74, 6) is 2.49. The van der Waals surface area contributed by atoms with Crippen LogP contribution in [0.1, 0.15) is 6.42 Å². The fourth-order valence-electron chi connectivity index (χ4n) is 2.85. The van der Waals surface area contributed by atoms with Crippen molar-refractivity contribution < 1.29 is 4.39 Å². The number of anilines is 1. The monoisotopic (exact) mass is 266 g/mol. The molecule has 4 heteroatoms. The van der Waals surface area contributed by atoms with Gasteiger partial charge in [-0.3, -0.25) is 4.90 Å². The van der Waals surface area contributed by atoms with Crippen LogP contribution in [-0.2, 0) is 0 Å². The van der Waals surface area contributed by atoms with Crippen molar-refractivity contribution in [2.45, 2.75) is 12.5 Å². The average molecular weight is 266 g/mol. The Morgan fingerprint density at radius 3 is 2.56 bits per heavy atom. The van der Waals surface area contributed by atoms with Crippen LogP contribution in [0, 0.1) is 5.82 Å². The first-order chi connectivity index (χ1) is 8.84. The fourth-order valence-corrected chi connectivity index (χ4v) is 4.10. The molecular formula is C14H19FN2S. The van der Waals surface area contributed by atoms with E-state index >= 15 is 0 Å². The molecule has 0 aliphatic carbocycles. The van der Waals surface area contributed by atoms with E-state index in [1.54, 1.807) is 12.1 Å². The zero-order valence-corrected chi connectivity index (χ0v) is 11.3. The Labute approximate surface area is 112 Å². The largest absolute Gasteiger partial charge is 0.367 e. The molecule has 2 fully saturated rings. The van der Waals surface area contributed by atoms with Gasteiger partial charge >= 0.3 is 0 Å². The normalized spacial score (nSPS) is 25.6. The van der Waals surface area contributed by atoms with Crippen molar-refractivity contribution in [3.63, 3.8) is 0 Å². The molecule has 0 saturated carbocycles. The third-order valence-corrected chi connectivity index (χ3v) is 5.07. The Bertz CT molecular complexity index is 399. The summed E-state index contributed by atoms with van der Waals surface area (Å²) in [4.78, 5) is 4.76. The van der Waals surface area contributed by atoms with E-state index in [0.29, 0.717) is 0 Å². The van der Waals surface area contributed by atoms with Crippen molar-refractivity contribution in [3.8, 4) is 0 Å². The lowest BCUT2D eigenvalue weighted by atomic mass is 10.1. The Hall–Kier alpha value is -0.740. The van der Waals surface area contributed by atoms with E-state index in [0.717, 1.165) is 37.9 Å². The molecule has 2 heterocycles. The lowest BCUT2D eigenvalue weighted by Crippen LogP contribution is -2.50. The quantitative estimate of drug-likeness (QED) is 0.812. The van der Waals surface area contributed by atoms with Gasteiger partial charge in [-0.1, -0.05) is 12.1 Å². The van der Waals surface area contributed by atoms with Crippen LogP contribution < -0.4 is 4.90 Å². The number of piperazine rings is 1. The molecular weight excluding hydrogens is 247 g/mol. The van der Waals surface area contributed by atoms with Crippen molar-refractivity contribution in [1.29, 1.82) is 0 Å². The third-order valence-electron chi connectivity index (χ3n) is 3.93. The molecule has 2 aliphatic rings. The van der Waals surface area contributed by atoms with Crippen molar-refractivity contribution >= 4 is 17.4 Å². The molecule has 0 spiro atoms. The second-order valence-electron chi connectivity index (χ2n) is 4.99. The van der Waals surface area contributed by atoms with Gasteiger partial charge in [-0.15, -0.1) is 0 Å². The topological polar surface area (TPSA) is 6.48 Å². The number of rotatable bonds is 2. The number of para-hydroxylation sites is 1. The first-order valence-electron chi connectivity index (χ1n) is 6.66. The van der Waals surface area contributed by atoms with Crippen molar-refractivity contribution in [1.82, 2.24) is 4.90 Å². The highest BCUT2D eigenvalue weighted by Crippen LogP contribution is 2.25. The minimum absolute atomic E-state index is 0.0950. The van der Waals surface area contributed by atoms with Gasteiger partial charge in [-0.25, -0.2) is 4.39 Å². The Balaban J connectivity index is 1.61. The molecule has 2 saturated heterocycles. The van der Waals surface area contributed by atoms with Crippen LogP contribution in [0.5, 0.6) is 0 Å². The first-order valence-corrected chi connectivity index (χ1v) is 7.81. The minimum Gasteiger partial charge on any atom is -0.367 e. The van der Waals surface area contributed by atoms with Gasteiger partial charge < -0.3 is 4.90 Å². The zero-order valence-electron chi connectivity index (χ0n) is 10.5. The van der Waals surface area contributed by atoms with E-state index in [1.165, 1.54) is 17.9 Å². The second kappa shape index (κ2) is 5.49. The first kappa shape index (κ1) is 12.3. The van der Waals surface area contributed by atoms with Crippen LogP contribution in [0.25, 0.3) is 0 Å². The predicted molar refractivity (Wildman–Crippen MR) is 75.9 cm³/mol. The zero-order chi connectivity index (χ0) is 12.4. The summed E-state index contributed by atoms with van der Waals surface area (Å²) in [7, 11) is 0. The maximum Gasteiger partial charge on any atom is 0.146 e. The average Bonchev–Trinajstić information content (AvgIpc) is 2.94. The molecule has 1 atom stereocenters. The second-order valence-corrected chi connectivity index (χ2v) is 6.14. The SMILES string of the molecule is Fc1ccccc1N1CCN([C@H]2CCSC2)CC1.